The van der Waals surface area contributed by atoms with Crippen LogP contribution < -0.4 is 0 Å². The summed E-state index contributed by atoms with van der Waals surface area (Å²) in [4.78, 5) is 0. The molecule has 0 spiro atoms. The molecule has 0 aliphatic rings. The smallest absolute Gasteiger partial charge is 0.167 e. The van der Waals surface area contributed by atoms with Crippen molar-refractivity contribution < 1.29 is 13.2 Å². The van der Waals surface area contributed by atoms with Crippen LogP contribution in [0.3, 0.4) is 0 Å². The molecule has 66 valence electrons. The van der Waals surface area contributed by atoms with E-state index in [0.29, 0.717) is 0 Å². The van der Waals surface area contributed by atoms with Crippen LogP contribution >= 0.6 is 11.6 Å². The van der Waals surface area contributed by atoms with E-state index in [1.807, 2.05) is 0 Å². The first-order valence-corrected chi connectivity index (χ1v) is 3.65. The lowest BCUT2D eigenvalue weighted by Gasteiger charge is -2.06. The van der Waals surface area contributed by atoms with E-state index in [-0.39, 0.29) is 11.8 Å². The van der Waals surface area contributed by atoms with Crippen LogP contribution in [0, 0.1) is 0 Å². The minimum atomic E-state index is -4.20. The van der Waals surface area contributed by atoms with E-state index in [1.165, 1.54) is 0 Å². The van der Waals surface area contributed by atoms with Gasteiger partial charge in [0.1, 0.15) is 0 Å². The van der Waals surface area contributed by atoms with Crippen molar-refractivity contribution >= 4 is 11.6 Å². The number of halogens is 4. The van der Waals surface area contributed by atoms with Gasteiger partial charge in [0.05, 0.1) is 0 Å². The first-order chi connectivity index (χ1) is 4.84. The average molecular weight is 187 g/mol. The summed E-state index contributed by atoms with van der Waals surface area (Å²) >= 11 is 5.46. The lowest BCUT2D eigenvalue weighted by atomic mass is 10.2. The van der Waals surface area contributed by atoms with Crippen LogP contribution in [0.15, 0.2) is 11.6 Å². The summed E-state index contributed by atoms with van der Waals surface area (Å²) in [6.45, 7) is 2.70. The van der Waals surface area contributed by atoms with E-state index in [2.05, 4.69) is 0 Å². The van der Waals surface area contributed by atoms with E-state index in [9.17, 15) is 13.2 Å². The Bertz CT molecular complexity index is 146. The fraction of sp³-hybridized carbons (Fsp3) is 0.714. The predicted octanol–water partition coefficient (Wildman–Crippen LogP) is 3.51. The molecule has 4 heteroatoms. The molecule has 0 rings (SSSR count). The van der Waals surface area contributed by atoms with Gasteiger partial charge in [0.2, 0.25) is 0 Å². The molecule has 0 aliphatic heterocycles. The molecule has 0 aromatic rings. The van der Waals surface area contributed by atoms with Gasteiger partial charge in [0, 0.05) is 11.0 Å². The molecule has 0 nitrogen and oxygen atoms in total. The minimum Gasteiger partial charge on any atom is -0.167 e. The molecule has 1 atom stereocenters. The molecule has 0 heterocycles. The quantitative estimate of drug-likeness (QED) is 0.457. The van der Waals surface area contributed by atoms with Crippen LogP contribution in [-0.4, -0.2) is 11.6 Å². The van der Waals surface area contributed by atoms with Gasteiger partial charge < -0.3 is 0 Å². The zero-order valence-corrected chi connectivity index (χ0v) is 7.13. The molecule has 0 aromatic heterocycles. The topological polar surface area (TPSA) is 0 Å². The first kappa shape index (κ1) is 10.8. The second kappa shape index (κ2) is 4.00. The fourth-order valence-electron chi connectivity index (χ4n) is 0.455. The highest BCUT2D eigenvalue weighted by Crippen LogP contribution is 2.25. The first-order valence-electron chi connectivity index (χ1n) is 3.22. The van der Waals surface area contributed by atoms with Gasteiger partial charge in [-0.1, -0.05) is 6.08 Å². The van der Waals surface area contributed by atoms with Crippen molar-refractivity contribution in [3.63, 3.8) is 0 Å². The van der Waals surface area contributed by atoms with Gasteiger partial charge in [-0.05, 0) is 20.3 Å². The maximum Gasteiger partial charge on any atom is 0.412 e. The lowest BCUT2D eigenvalue weighted by Crippen LogP contribution is -2.09. The van der Waals surface area contributed by atoms with Crippen LogP contribution in [0.2, 0.25) is 0 Å². The van der Waals surface area contributed by atoms with Crippen molar-refractivity contribution in [3.8, 4) is 0 Å². The zero-order valence-electron chi connectivity index (χ0n) is 6.37. The SMILES string of the molecule is C/C(=C\CC(C)Cl)C(F)(F)F. The largest absolute Gasteiger partial charge is 0.412 e. The summed E-state index contributed by atoms with van der Waals surface area (Å²) in [7, 11) is 0. The number of rotatable bonds is 2. The normalized spacial score (nSPS) is 16.7. The Morgan fingerprint density at radius 1 is 1.55 bits per heavy atom. The van der Waals surface area contributed by atoms with Crippen LogP contribution in [0.5, 0.6) is 0 Å². The molecule has 0 saturated heterocycles. The van der Waals surface area contributed by atoms with Crippen molar-refractivity contribution in [2.24, 2.45) is 0 Å². The lowest BCUT2D eigenvalue weighted by molar-refractivity contribution is -0.0915. The third-order valence-electron chi connectivity index (χ3n) is 1.20. The van der Waals surface area contributed by atoms with Crippen molar-refractivity contribution in [2.45, 2.75) is 31.8 Å². The van der Waals surface area contributed by atoms with E-state index in [1.54, 1.807) is 6.92 Å². The summed E-state index contributed by atoms with van der Waals surface area (Å²) in [5.74, 6) is 0. The van der Waals surface area contributed by atoms with Crippen LogP contribution in [-0.2, 0) is 0 Å². The van der Waals surface area contributed by atoms with Crippen LogP contribution in [0.1, 0.15) is 20.3 Å². The summed E-state index contributed by atoms with van der Waals surface area (Å²) in [6.07, 6.45) is -2.84. The van der Waals surface area contributed by atoms with Crippen molar-refractivity contribution in [1.82, 2.24) is 0 Å². The zero-order chi connectivity index (χ0) is 9.07. The Morgan fingerprint density at radius 2 is 2.00 bits per heavy atom. The maximum atomic E-state index is 11.8. The standard InChI is InChI=1S/C7H10ClF3/c1-5(7(9,10)11)3-4-6(2)8/h3,6H,4H2,1-2H3/b5-3+. The molecule has 0 fully saturated rings. The summed E-state index contributed by atoms with van der Waals surface area (Å²) in [6, 6.07) is 0. The second-order valence-corrected chi connectivity index (χ2v) is 3.15. The minimum absolute atomic E-state index is 0.243. The summed E-state index contributed by atoms with van der Waals surface area (Å²) in [5, 5.41) is -0.243. The Hall–Kier alpha value is -0.180. The van der Waals surface area contributed by atoms with Gasteiger partial charge in [-0.15, -0.1) is 11.6 Å². The number of hydrogen-bond acceptors (Lipinski definition) is 0. The van der Waals surface area contributed by atoms with Crippen LogP contribution in [0.4, 0.5) is 13.2 Å². The van der Waals surface area contributed by atoms with E-state index >= 15 is 0 Å². The number of alkyl halides is 4. The highest BCUT2D eigenvalue weighted by molar-refractivity contribution is 6.20. The molecular formula is C7H10ClF3. The molecule has 0 bridgehead atoms. The Labute approximate surface area is 69.0 Å². The Kier molecular flexibility index (Phi) is 3.93. The highest BCUT2D eigenvalue weighted by Gasteiger charge is 2.29. The molecule has 0 N–H and O–H groups in total. The number of allylic oxidation sites excluding steroid dienone is 2. The highest BCUT2D eigenvalue weighted by atomic mass is 35.5. The molecule has 0 aliphatic carbocycles. The summed E-state index contributed by atoms with van der Waals surface area (Å²) < 4.78 is 35.4. The molecule has 0 saturated carbocycles. The molecule has 0 radical (unpaired) electrons. The average Bonchev–Trinajstić information content (AvgIpc) is 1.80. The second-order valence-electron chi connectivity index (χ2n) is 2.40. The third kappa shape index (κ3) is 5.13. The monoisotopic (exact) mass is 186 g/mol. The molecule has 0 aromatic carbocycles. The van der Waals surface area contributed by atoms with Gasteiger partial charge in [0.25, 0.3) is 0 Å². The van der Waals surface area contributed by atoms with E-state index in [0.717, 1.165) is 13.0 Å². The van der Waals surface area contributed by atoms with Crippen molar-refractivity contribution in [2.75, 3.05) is 0 Å². The molecule has 1 unspecified atom stereocenters. The van der Waals surface area contributed by atoms with Gasteiger partial charge in [0.15, 0.2) is 0 Å². The van der Waals surface area contributed by atoms with Crippen molar-refractivity contribution in [1.29, 1.82) is 0 Å². The van der Waals surface area contributed by atoms with Crippen LogP contribution in [0.25, 0.3) is 0 Å². The van der Waals surface area contributed by atoms with Gasteiger partial charge in [-0.3, -0.25) is 0 Å². The van der Waals surface area contributed by atoms with E-state index in [4.69, 9.17) is 11.6 Å². The molecule has 11 heavy (non-hydrogen) atoms. The fourth-order valence-corrected chi connectivity index (χ4v) is 0.544. The van der Waals surface area contributed by atoms with Gasteiger partial charge in [-0.2, -0.15) is 13.2 Å². The number of hydrogen-bond donors (Lipinski definition) is 0. The third-order valence-corrected chi connectivity index (χ3v) is 1.37. The molecule has 0 amide bonds. The Balaban J connectivity index is 4.02. The van der Waals surface area contributed by atoms with Gasteiger partial charge >= 0.3 is 6.18 Å². The predicted molar refractivity (Wildman–Crippen MR) is 39.7 cm³/mol. The Morgan fingerprint density at radius 3 is 2.27 bits per heavy atom. The van der Waals surface area contributed by atoms with Gasteiger partial charge in [-0.25, -0.2) is 0 Å². The maximum absolute atomic E-state index is 11.8. The van der Waals surface area contributed by atoms with Crippen molar-refractivity contribution in [3.05, 3.63) is 11.6 Å². The molecular weight excluding hydrogens is 177 g/mol. The summed E-state index contributed by atoms with van der Waals surface area (Å²) in [5.41, 5.74) is -0.579. The van der Waals surface area contributed by atoms with E-state index < -0.39 is 11.7 Å².